The fraction of sp³-hybridized carbons (Fsp3) is 0.417. The van der Waals surface area contributed by atoms with Gasteiger partial charge >= 0.3 is 0 Å². The fourth-order valence-corrected chi connectivity index (χ4v) is 1.79. The minimum Gasteiger partial charge on any atom is -0.492 e. The van der Waals surface area contributed by atoms with Crippen molar-refractivity contribution in [1.29, 1.82) is 0 Å². The van der Waals surface area contributed by atoms with Gasteiger partial charge in [-0.3, -0.25) is 4.79 Å². The lowest BCUT2D eigenvalue weighted by Gasteiger charge is -2.07. The van der Waals surface area contributed by atoms with Crippen LogP contribution in [-0.2, 0) is 4.79 Å². The van der Waals surface area contributed by atoms with Gasteiger partial charge in [0.15, 0.2) is 0 Å². The molecule has 2 rings (SSSR count). The van der Waals surface area contributed by atoms with Gasteiger partial charge in [-0.1, -0.05) is 23.2 Å². The van der Waals surface area contributed by atoms with E-state index in [1.807, 2.05) is 0 Å². The summed E-state index contributed by atoms with van der Waals surface area (Å²) in [4.78, 5) is 11.4. The van der Waals surface area contributed by atoms with Gasteiger partial charge in [-0.05, 0) is 25.0 Å². The summed E-state index contributed by atoms with van der Waals surface area (Å²) < 4.78 is 5.43. The zero-order chi connectivity index (χ0) is 11.5. The molecule has 0 unspecified atom stereocenters. The number of hydrogen-bond donors (Lipinski definition) is 0. The molecule has 16 heavy (non-hydrogen) atoms. The van der Waals surface area contributed by atoms with Crippen LogP contribution in [0.3, 0.4) is 0 Å². The van der Waals surface area contributed by atoms with Gasteiger partial charge in [-0.25, -0.2) is 0 Å². The molecule has 0 heterocycles. The van der Waals surface area contributed by atoms with Crippen molar-refractivity contribution >= 4 is 29.0 Å². The van der Waals surface area contributed by atoms with Gasteiger partial charge in [0.25, 0.3) is 0 Å². The minimum absolute atomic E-state index is 0.290. The number of ether oxygens (including phenoxy) is 1. The maximum absolute atomic E-state index is 11.4. The first-order chi connectivity index (χ1) is 7.66. The van der Waals surface area contributed by atoms with Crippen LogP contribution in [0.25, 0.3) is 0 Å². The van der Waals surface area contributed by atoms with Crippen molar-refractivity contribution in [2.75, 3.05) is 6.61 Å². The van der Waals surface area contributed by atoms with E-state index in [2.05, 4.69) is 0 Å². The average Bonchev–Trinajstić information content (AvgIpc) is 3.06. The number of carbonyl (C=O) groups excluding carboxylic acids is 1. The molecule has 86 valence electrons. The Morgan fingerprint density at radius 1 is 1.38 bits per heavy atom. The summed E-state index contributed by atoms with van der Waals surface area (Å²) in [5.41, 5.74) is 0. The normalized spacial score (nSPS) is 14.9. The van der Waals surface area contributed by atoms with Crippen molar-refractivity contribution < 1.29 is 9.53 Å². The fourth-order valence-electron chi connectivity index (χ4n) is 1.46. The van der Waals surface area contributed by atoms with Gasteiger partial charge in [0.1, 0.15) is 11.5 Å². The van der Waals surface area contributed by atoms with E-state index >= 15 is 0 Å². The summed E-state index contributed by atoms with van der Waals surface area (Å²) in [7, 11) is 0. The average molecular weight is 259 g/mol. The molecule has 1 aliphatic carbocycles. The molecule has 1 fully saturated rings. The molecular formula is C12H12Cl2O2. The number of benzene rings is 1. The van der Waals surface area contributed by atoms with E-state index in [1.54, 1.807) is 18.2 Å². The van der Waals surface area contributed by atoms with E-state index in [-0.39, 0.29) is 5.78 Å². The summed E-state index contributed by atoms with van der Waals surface area (Å²) in [5.74, 6) is 1.12. The van der Waals surface area contributed by atoms with Crippen molar-refractivity contribution in [3.8, 4) is 5.75 Å². The quantitative estimate of drug-likeness (QED) is 0.805. The van der Waals surface area contributed by atoms with Gasteiger partial charge in [0.2, 0.25) is 0 Å². The lowest BCUT2D eigenvalue weighted by atomic mass is 10.2. The Kier molecular flexibility index (Phi) is 3.72. The van der Waals surface area contributed by atoms with Crippen molar-refractivity contribution in [3.63, 3.8) is 0 Å². The summed E-state index contributed by atoms with van der Waals surface area (Å²) in [6, 6.07) is 5.04. The number of Topliss-reactive ketones (excluding diaryl/α,β-unsaturated/α-hetero) is 1. The Balaban J connectivity index is 1.84. The molecule has 0 atom stereocenters. The van der Waals surface area contributed by atoms with Gasteiger partial charge in [-0.15, -0.1) is 0 Å². The van der Waals surface area contributed by atoms with Gasteiger partial charge in [0, 0.05) is 23.4 Å². The van der Waals surface area contributed by atoms with E-state index in [9.17, 15) is 4.79 Å². The summed E-state index contributed by atoms with van der Waals surface area (Å²) >= 11 is 11.7. The first-order valence-electron chi connectivity index (χ1n) is 5.27. The highest BCUT2D eigenvalue weighted by Gasteiger charge is 2.28. The largest absolute Gasteiger partial charge is 0.492 e. The van der Waals surface area contributed by atoms with Crippen LogP contribution < -0.4 is 4.74 Å². The van der Waals surface area contributed by atoms with Crippen molar-refractivity contribution in [2.45, 2.75) is 19.3 Å². The summed E-state index contributed by atoms with van der Waals surface area (Å²) in [6.45, 7) is 0.370. The highest BCUT2D eigenvalue weighted by atomic mass is 35.5. The lowest BCUT2D eigenvalue weighted by molar-refractivity contribution is -0.120. The zero-order valence-electron chi connectivity index (χ0n) is 8.71. The number of ketones is 1. The third kappa shape index (κ3) is 3.13. The third-order valence-electron chi connectivity index (χ3n) is 2.53. The van der Waals surface area contributed by atoms with E-state index in [0.717, 1.165) is 12.8 Å². The Morgan fingerprint density at radius 2 is 2.12 bits per heavy atom. The first kappa shape index (κ1) is 11.7. The van der Waals surface area contributed by atoms with E-state index in [4.69, 9.17) is 27.9 Å². The molecule has 0 radical (unpaired) electrons. The predicted octanol–water partition coefficient (Wildman–Crippen LogP) is 3.74. The molecule has 1 aromatic rings. The molecule has 1 aliphatic rings. The predicted molar refractivity (Wildman–Crippen MR) is 64.3 cm³/mol. The SMILES string of the molecule is O=C(CCOc1cc(Cl)ccc1Cl)C1CC1. The minimum atomic E-state index is 0.290. The smallest absolute Gasteiger partial charge is 0.139 e. The van der Waals surface area contributed by atoms with Gasteiger partial charge in [-0.2, -0.15) is 0 Å². The molecule has 0 bridgehead atoms. The molecular weight excluding hydrogens is 247 g/mol. The van der Waals surface area contributed by atoms with E-state index < -0.39 is 0 Å². The van der Waals surface area contributed by atoms with Gasteiger partial charge < -0.3 is 4.74 Å². The second kappa shape index (κ2) is 5.07. The number of hydrogen-bond acceptors (Lipinski definition) is 2. The number of carbonyl (C=O) groups is 1. The Labute approximate surface area is 104 Å². The van der Waals surface area contributed by atoms with Crippen LogP contribution in [0.5, 0.6) is 5.75 Å². The zero-order valence-corrected chi connectivity index (χ0v) is 10.2. The van der Waals surface area contributed by atoms with Crippen molar-refractivity contribution in [3.05, 3.63) is 28.2 Å². The molecule has 2 nitrogen and oxygen atoms in total. The maximum Gasteiger partial charge on any atom is 0.139 e. The number of rotatable bonds is 5. The van der Waals surface area contributed by atoms with Crippen molar-refractivity contribution in [2.24, 2.45) is 5.92 Å². The van der Waals surface area contributed by atoms with Crippen LogP contribution in [0.15, 0.2) is 18.2 Å². The lowest BCUT2D eigenvalue weighted by Crippen LogP contribution is -2.07. The Morgan fingerprint density at radius 3 is 2.81 bits per heavy atom. The molecule has 0 amide bonds. The molecule has 0 aliphatic heterocycles. The van der Waals surface area contributed by atoms with Crippen LogP contribution in [0.2, 0.25) is 10.0 Å². The van der Waals surface area contributed by atoms with Gasteiger partial charge in [0.05, 0.1) is 11.6 Å². The Bertz CT molecular complexity index is 400. The van der Waals surface area contributed by atoms with Crippen LogP contribution >= 0.6 is 23.2 Å². The van der Waals surface area contributed by atoms with Crippen LogP contribution in [0, 0.1) is 5.92 Å². The molecule has 1 aromatic carbocycles. The third-order valence-corrected chi connectivity index (χ3v) is 3.08. The monoisotopic (exact) mass is 258 g/mol. The molecule has 4 heteroatoms. The highest BCUT2D eigenvalue weighted by molar-refractivity contribution is 6.34. The number of halogens is 2. The standard InChI is InChI=1S/C12H12Cl2O2/c13-9-3-4-10(14)12(7-9)16-6-5-11(15)8-1-2-8/h3-4,7-8H,1-2,5-6H2. The second-order valence-corrected chi connectivity index (χ2v) is 4.76. The molecule has 0 saturated heterocycles. The Hall–Kier alpha value is -0.730. The van der Waals surface area contributed by atoms with E-state index in [1.165, 1.54) is 0 Å². The van der Waals surface area contributed by atoms with Crippen LogP contribution in [0.1, 0.15) is 19.3 Å². The van der Waals surface area contributed by atoms with Crippen LogP contribution in [0.4, 0.5) is 0 Å². The van der Waals surface area contributed by atoms with Crippen LogP contribution in [-0.4, -0.2) is 12.4 Å². The molecule has 0 N–H and O–H groups in total. The summed E-state index contributed by atoms with van der Waals surface area (Å²) in [5, 5.41) is 1.09. The highest BCUT2D eigenvalue weighted by Crippen LogP contribution is 2.31. The first-order valence-corrected chi connectivity index (χ1v) is 6.03. The van der Waals surface area contributed by atoms with Crippen molar-refractivity contribution in [1.82, 2.24) is 0 Å². The topological polar surface area (TPSA) is 26.3 Å². The molecule has 0 aromatic heterocycles. The second-order valence-electron chi connectivity index (χ2n) is 3.91. The summed E-state index contributed by atoms with van der Waals surface area (Å²) in [6.07, 6.45) is 2.53. The molecule has 1 saturated carbocycles. The molecule has 0 spiro atoms. The maximum atomic E-state index is 11.4. The van der Waals surface area contributed by atoms with E-state index in [0.29, 0.717) is 34.7 Å².